The van der Waals surface area contributed by atoms with E-state index in [2.05, 4.69) is 17.2 Å². The molecule has 3 nitrogen and oxygen atoms in total. The molecule has 0 aliphatic heterocycles. The SMILES string of the molecule is CCN(CCO)Cc1csc(C2CCCCC2)n1. The second-order valence-electron chi connectivity index (χ2n) is 5.10. The summed E-state index contributed by atoms with van der Waals surface area (Å²) < 4.78 is 0. The van der Waals surface area contributed by atoms with Crippen LogP contribution in [-0.2, 0) is 6.54 Å². The maximum Gasteiger partial charge on any atom is 0.0959 e. The second-order valence-corrected chi connectivity index (χ2v) is 5.99. The van der Waals surface area contributed by atoms with Gasteiger partial charge in [-0.05, 0) is 19.4 Å². The summed E-state index contributed by atoms with van der Waals surface area (Å²) in [7, 11) is 0. The Balaban J connectivity index is 1.92. The fourth-order valence-corrected chi connectivity index (χ4v) is 3.63. The third-order valence-electron chi connectivity index (χ3n) is 3.77. The molecule has 102 valence electrons. The molecule has 0 spiro atoms. The fraction of sp³-hybridized carbons (Fsp3) is 0.786. The van der Waals surface area contributed by atoms with Crippen LogP contribution in [0.2, 0.25) is 0 Å². The molecule has 1 heterocycles. The van der Waals surface area contributed by atoms with Crippen molar-refractivity contribution >= 4 is 11.3 Å². The van der Waals surface area contributed by atoms with Gasteiger partial charge in [-0.3, -0.25) is 4.90 Å². The quantitative estimate of drug-likeness (QED) is 0.861. The summed E-state index contributed by atoms with van der Waals surface area (Å²) in [5, 5.41) is 12.5. The Kier molecular flexibility index (Phi) is 5.60. The third-order valence-corrected chi connectivity index (χ3v) is 4.83. The Bertz CT molecular complexity index is 347. The lowest BCUT2D eigenvalue weighted by Gasteiger charge is -2.19. The third kappa shape index (κ3) is 3.77. The zero-order valence-electron chi connectivity index (χ0n) is 11.3. The van der Waals surface area contributed by atoms with Gasteiger partial charge < -0.3 is 5.11 Å². The van der Waals surface area contributed by atoms with Gasteiger partial charge in [0.2, 0.25) is 0 Å². The Morgan fingerprint density at radius 2 is 2.17 bits per heavy atom. The van der Waals surface area contributed by atoms with E-state index in [4.69, 9.17) is 10.1 Å². The number of likely N-dealkylation sites (N-methyl/N-ethyl adjacent to an activating group) is 1. The first-order valence-electron chi connectivity index (χ1n) is 7.11. The van der Waals surface area contributed by atoms with E-state index in [0.29, 0.717) is 5.92 Å². The van der Waals surface area contributed by atoms with E-state index in [9.17, 15) is 0 Å². The van der Waals surface area contributed by atoms with Crippen molar-refractivity contribution in [1.29, 1.82) is 0 Å². The van der Waals surface area contributed by atoms with E-state index in [1.54, 1.807) is 0 Å². The van der Waals surface area contributed by atoms with Crippen molar-refractivity contribution in [3.8, 4) is 0 Å². The van der Waals surface area contributed by atoms with Crippen LogP contribution in [0.1, 0.15) is 55.6 Å². The highest BCUT2D eigenvalue weighted by atomic mass is 32.1. The minimum absolute atomic E-state index is 0.230. The summed E-state index contributed by atoms with van der Waals surface area (Å²) in [5.74, 6) is 0.713. The number of hydrogen-bond acceptors (Lipinski definition) is 4. The van der Waals surface area contributed by atoms with Crippen molar-refractivity contribution in [2.24, 2.45) is 0 Å². The zero-order valence-corrected chi connectivity index (χ0v) is 12.1. The molecule has 1 aromatic rings. The van der Waals surface area contributed by atoms with E-state index < -0.39 is 0 Å². The second kappa shape index (κ2) is 7.22. The minimum atomic E-state index is 0.230. The topological polar surface area (TPSA) is 36.4 Å². The summed E-state index contributed by atoms with van der Waals surface area (Å²) in [6.07, 6.45) is 6.77. The molecule has 18 heavy (non-hydrogen) atoms. The van der Waals surface area contributed by atoms with Crippen LogP contribution in [0.3, 0.4) is 0 Å². The first-order chi connectivity index (χ1) is 8.83. The normalized spacial score (nSPS) is 17.5. The molecule has 1 saturated carbocycles. The number of aliphatic hydroxyl groups excluding tert-OH is 1. The van der Waals surface area contributed by atoms with Gasteiger partial charge in [-0.2, -0.15) is 0 Å². The highest BCUT2D eigenvalue weighted by Gasteiger charge is 2.18. The summed E-state index contributed by atoms with van der Waals surface area (Å²) >= 11 is 1.83. The molecule has 0 saturated heterocycles. The van der Waals surface area contributed by atoms with Crippen LogP contribution in [0, 0.1) is 0 Å². The number of nitrogens with zero attached hydrogens (tertiary/aromatic N) is 2. The largest absolute Gasteiger partial charge is 0.395 e. The van der Waals surface area contributed by atoms with Crippen molar-refractivity contribution in [3.05, 3.63) is 16.1 Å². The molecule has 1 aliphatic carbocycles. The average Bonchev–Trinajstić information content (AvgIpc) is 2.88. The highest BCUT2D eigenvalue weighted by Crippen LogP contribution is 2.34. The molecular formula is C14H24N2OS. The predicted molar refractivity (Wildman–Crippen MR) is 76.0 cm³/mol. The monoisotopic (exact) mass is 268 g/mol. The van der Waals surface area contributed by atoms with Crippen molar-refractivity contribution < 1.29 is 5.11 Å². The van der Waals surface area contributed by atoms with Gasteiger partial charge in [-0.1, -0.05) is 26.2 Å². The molecule has 0 unspecified atom stereocenters. The standard InChI is InChI=1S/C14H24N2OS/c1-2-16(8-9-17)10-13-11-18-14(15-13)12-6-4-3-5-7-12/h11-12,17H,2-10H2,1H3. The van der Waals surface area contributed by atoms with Gasteiger partial charge in [0, 0.05) is 24.4 Å². The van der Waals surface area contributed by atoms with Gasteiger partial charge in [0.25, 0.3) is 0 Å². The number of thiazole rings is 1. The number of hydrogen-bond donors (Lipinski definition) is 1. The van der Waals surface area contributed by atoms with Crippen LogP contribution in [0.15, 0.2) is 5.38 Å². The predicted octanol–water partition coefficient (Wildman–Crippen LogP) is 3.01. The summed E-state index contributed by atoms with van der Waals surface area (Å²) in [4.78, 5) is 7.03. The van der Waals surface area contributed by atoms with E-state index in [1.165, 1.54) is 42.8 Å². The molecule has 1 fully saturated rings. The van der Waals surface area contributed by atoms with Gasteiger partial charge in [-0.25, -0.2) is 4.98 Å². The summed E-state index contributed by atoms with van der Waals surface area (Å²) in [5.41, 5.74) is 1.18. The van der Waals surface area contributed by atoms with Crippen molar-refractivity contribution in [2.75, 3.05) is 19.7 Å². The molecule has 1 aromatic heterocycles. The van der Waals surface area contributed by atoms with Crippen LogP contribution in [0.25, 0.3) is 0 Å². The highest BCUT2D eigenvalue weighted by molar-refractivity contribution is 7.09. The molecule has 0 amide bonds. The number of aromatic nitrogens is 1. The first-order valence-corrected chi connectivity index (χ1v) is 7.99. The van der Waals surface area contributed by atoms with Gasteiger partial charge in [0.1, 0.15) is 0 Å². The lowest BCUT2D eigenvalue weighted by Crippen LogP contribution is -2.26. The van der Waals surface area contributed by atoms with Crippen molar-refractivity contribution in [2.45, 2.75) is 51.5 Å². The van der Waals surface area contributed by atoms with Crippen LogP contribution < -0.4 is 0 Å². The smallest absolute Gasteiger partial charge is 0.0959 e. The lowest BCUT2D eigenvalue weighted by molar-refractivity contribution is 0.195. The maximum absolute atomic E-state index is 9.00. The van der Waals surface area contributed by atoms with E-state index in [1.807, 2.05) is 11.3 Å². The molecule has 0 aromatic carbocycles. The zero-order chi connectivity index (χ0) is 12.8. The Morgan fingerprint density at radius 1 is 1.39 bits per heavy atom. The van der Waals surface area contributed by atoms with E-state index in [-0.39, 0.29) is 6.61 Å². The Labute approximate surface area is 114 Å². The first kappa shape index (κ1) is 14.0. The van der Waals surface area contributed by atoms with Crippen molar-refractivity contribution in [1.82, 2.24) is 9.88 Å². The minimum Gasteiger partial charge on any atom is -0.395 e. The molecular weight excluding hydrogens is 244 g/mol. The van der Waals surface area contributed by atoms with Crippen molar-refractivity contribution in [3.63, 3.8) is 0 Å². The van der Waals surface area contributed by atoms with Crippen LogP contribution in [-0.4, -0.2) is 34.7 Å². The maximum atomic E-state index is 9.00. The molecule has 4 heteroatoms. The Hall–Kier alpha value is -0.450. The molecule has 2 rings (SSSR count). The average molecular weight is 268 g/mol. The summed E-state index contributed by atoms with van der Waals surface area (Å²) in [6, 6.07) is 0. The number of rotatable bonds is 6. The van der Waals surface area contributed by atoms with Crippen LogP contribution in [0.5, 0.6) is 0 Å². The van der Waals surface area contributed by atoms with Crippen LogP contribution in [0.4, 0.5) is 0 Å². The fourth-order valence-electron chi connectivity index (χ4n) is 2.65. The van der Waals surface area contributed by atoms with Gasteiger partial charge in [-0.15, -0.1) is 11.3 Å². The lowest BCUT2D eigenvalue weighted by atomic mass is 9.90. The molecule has 0 bridgehead atoms. The summed E-state index contributed by atoms with van der Waals surface area (Å²) in [6.45, 7) is 4.95. The Morgan fingerprint density at radius 3 is 2.83 bits per heavy atom. The van der Waals surface area contributed by atoms with Gasteiger partial charge in [0.15, 0.2) is 0 Å². The molecule has 0 atom stereocenters. The van der Waals surface area contributed by atoms with Crippen LogP contribution >= 0.6 is 11.3 Å². The molecule has 0 radical (unpaired) electrons. The molecule has 1 aliphatic rings. The van der Waals surface area contributed by atoms with E-state index in [0.717, 1.165) is 19.6 Å². The number of aliphatic hydroxyl groups is 1. The molecule has 1 N–H and O–H groups in total. The van der Waals surface area contributed by atoms with Gasteiger partial charge >= 0.3 is 0 Å². The van der Waals surface area contributed by atoms with E-state index >= 15 is 0 Å². The van der Waals surface area contributed by atoms with Gasteiger partial charge in [0.05, 0.1) is 17.3 Å².